The summed E-state index contributed by atoms with van der Waals surface area (Å²) in [5, 5.41) is 3.16. The van der Waals surface area contributed by atoms with Crippen molar-refractivity contribution in [3.8, 4) is 0 Å². The van der Waals surface area contributed by atoms with E-state index in [1.54, 1.807) is 0 Å². The van der Waals surface area contributed by atoms with Crippen molar-refractivity contribution in [3.63, 3.8) is 0 Å². The molecule has 0 aromatic carbocycles. The molecule has 0 saturated carbocycles. The van der Waals surface area contributed by atoms with Crippen molar-refractivity contribution in [2.75, 3.05) is 0 Å². The van der Waals surface area contributed by atoms with Gasteiger partial charge in [0.05, 0.1) is 0 Å². The lowest BCUT2D eigenvalue weighted by Gasteiger charge is -2.36. The molecule has 0 aromatic rings. The lowest BCUT2D eigenvalue weighted by Crippen LogP contribution is -2.50. The molecular formula is C13H27NO. The molecular weight excluding hydrogens is 186 g/mol. The highest BCUT2D eigenvalue weighted by Gasteiger charge is 2.32. The third-order valence-electron chi connectivity index (χ3n) is 2.57. The van der Waals surface area contributed by atoms with E-state index in [-0.39, 0.29) is 22.8 Å². The topological polar surface area (TPSA) is 29.1 Å². The van der Waals surface area contributed by atoms with Gasteiger partial charge in [-0.1, -0.05) is 55.4 Å². The smallest absolute Gasteiger partial charge is 0.225 e. The Hall–Kier alpha value is -0.530. The number of nitrogens with one attached hydrogen (secondary N) is 1. The second-order valence-electron chi connectivity index (χ2n) is 6.81. The summed E-state index contributed by atoms with van der Waals surface area (Å²) in [7, 11) is 0. The van der Waals surface area contributed by atoms with Crippen LogP contribution < -0.4 is 5.32 Å². The highest BCUT2D eigenvalue weighted by molar-refractivity contribution is 5.81. The van der Waals surface area contributed by atoms with Crippen LogP contribution in [0, 0.1) is 16.7 Å². The number of rotatable bonds is 2. The lowest BCUT2D eigenvalue weighted by atomic mass is 9.79. The minimum absolute atomic E-state index is 0.106. The van der Waals surface area contributed by atoms with Gasteiger partial charge in [0.2, 0.25) is 5.91 Å². The van der Waals surface area contributed by atoms with Gasteiger partial charge < -0.3 is 5.32 Å². The number of hydrogen-bond donors (Lipinski definition) is 1. The minimum atomic E-state index is -0.307. The van der Waals surface area contributed by atoms with Gasteiger partial charge in [-0.25, -0.2) is 0 Å². The first kappa shape index (κ1) is 14.5. The third-order valence-corrected chi connectivity index (χ3v) is 2.57. The van der Waals surface area contributed by atoms with Crippen molar-refractivity contribution in [2.24, 2.45) is 16.7 Å². The summed E-state index contributed by atoms with van der Waals surface area (Å²) in [5.74, 6) is 0.590. The first-order valence-corrected chi connectivity index (χ1v) is 5.77. The maximum atomic E-state index is 11.9. The van der Waals surface area contributed by atoms with Gasteiger partial charge in [0.1, 0.15) is 0 Å². The van der Waals surface area contributed by atoms with Gasteiger partial charge in [0.15, 0.2) is 0 Å². The Balaban J connectivity index is 4.66. The standard InChI is InChI=1S/C13H27NO/c1-9(2)10(12(3,4)5)14-11(15)13(6,7)8/h9-10H,1-8H3,(H,14,15)/t10-/m0/s1. The van der Waals surface area contributed by atoms with Crippen LogP contribution in [0.2, 0.25) is 0 Å². The molecule has 1 atom stereocenters. The van der Waals surface area contributed by atoms with Gasteiger partial charge >= 0.3 is 0 Å². The maximum Gasteiger partial charge on any atom is 0.225 e. The van der Waals surface area contributed by atoms with Crippen LogP contribution in [0.25, 0.3) is 0 Å². The average Bonchev–Trinajstić information content (AvgIpc) is 1.94. The molecule has 0 aliphatic carbocycles. The SMILES string of the molecule is CC(C)[C@H](NC(=O)C(C)(C)C)C(C)(C)C. The monoisotopic (exact) mass is 213 g/mol. The molecule has 0 aromatic heterocycles. The predicted octanol–water partition coefficient (Wildman–Crippen LogP) is 3.22. The fourth-order valence-corrected chi connectivity index (χ4v) is 1.74. The summed E-state index contributed by atoms with van der Waals surface area (Å²) in [6.07, 6.45) is 0. The Kier molecular flexibility index (Phi) is 4.38. The molecule has 0 spiro atoms. The van der Waals surface area contributed by atoms with Crippen LogP contribution >= 0.6 is 0 Å². The first-order valence-electron chi connectivity index (χ1n) is 5.77. The quantitative estimate of drug-likeness (QED) is 0.749. The molecule has 0 rings (SSSR count). The molecule has 0 aliphatic heterocycles. The second kappa shape index (κ2) is 4.54. The normalized spacial score (nSPS) is 15.3. The zero-order valence-electron chi connectivity index (χ0n) is 11.6. The summed E-state index contributed by atoms with van der Waals surface area (Å²) >= 11 is 0. The number of carbonyl (C=O) groups excluding carboxylic acids is 1. The molecule has 1 N–H and O–H groups in total. The van der Waals surface area contributed by atoms with Gasteiger partial charge in [-0.3, -0.25) is 4.79 Å². The van der Waals surface area contributed by atoms with Crippen molar-refractivity contribution in [3.05, 3.63) is 0 Å². The van der Waals surface area contributed by atoms with E-state index in [0.29, 0.717) is 5.92 Å². The van der Waals surface area contributed by atoms with E-state index in [9.17, 15) is 4.79 Å². The molecule has 0 bridgehead atoms. The molecule has 1 amide bonds. The molecule has 0 unspecified atom stereocenters. The van der Waals surface area contributed by atoms with Crippen LogP contribution in [-0.2, 0) is 4.79 Å². The Labute approximate surface area is 94.8 Å². The fourth-order valence-electron chi connectivity index (χ4n) is 1.74. The van der Waals surface area contributed by atoms with Crippen LogP contribution in [0.15, 0.2) is 0 Å². The Morgan fingerprint density at radius 1 is 1.00 bits per heavy atom. The van der Waals surface area contributed by atoms with Crippen molar-refractivity contribution >= 4 is 5.91 Å². The molecule has 0 heterocycles. The zero-order valence-corrected chi connectivity index (χ0v) is 11.6. The predicted molar refractivity (Wildman–Crippen MR) is 65.7 cm³/mol. The molecule has 0 radical (unpaired) electrons. The van der Waals surface area contributed by atoms with Gasteiger partial charge in [-0.05, 0) is 11.3 Å². The van der Waals surface area contributed by atoms with E-state index >= 15 is 0 Å². The molecule has 90 valence electrons. The molecule has 0 saturated heterocycles. The maximum absolute atomic E-state index is 11.9. The number of amides is 1. The molecule has 2 heteroatoms. The zero-order chi connectivity index (χ0) is 12.4. The molecule has 0 fully saturated rings. The van der Waals surface area contributed by atoms with Crippen LogP contribution in [0.1, 0.15) is 55.4 Å². The Morgan fingerprint density at radius 3 is 1.60 bits per heavy atom. The van der Waals surface area contributed by atoms with E-state index < -0.39 is 0 Å². The average molecular weight is 213 g/mol. The highest BCUT2D eigenvalue weighted by Crippen LogP contribution is 2.26. The van der Waals surface area contributed by atoms with Crippen molar-refractivity contribution in [2.45, 2.75) is 61.4 Å². The summed E-state index contributed by atoms with van der Waals surface area (Å²) in [6.45, 7) is 16.6. The van der Waals surface area contributed by atoms with E-state index in [1.807, 2.05) is 20.8 Å². The van der Waals surface area contributed by atoms with Gasteiger partial charge in [0, 0.05) is 11.5 Å². The lowest BCUT2D eigenvalue weighted by molar-refractivity contribution is -0.130. The summed E-state index contributed by atoms with van der Waals surface area (Å²) in [6, 6.07) is 0.226. The van der Waals surface area contributed by atoms with Gasteiger partial charge in [-0.15, -0.1) is 0 Å². The Morgan fingerprint density at radius 2 is 1.40 bits per heavy atom. The molecule has 15 heavy (non-hydrogen) atoms. The summed E-state index contributed by atoms with van der Waals surface area (Å²) in [5.41, 5.74) is -0.201. The van der Waals surface area contributed by atoms with Crippen LogP contribution in [0.4, 0.5) is 0 Å². The Bertz CT molecular complexity index is 218. The van der Waals surface area contributed by atoms with Crippen LogP contribution in [0.3, 0.4) is 0 Å². The largest absolute Gasteiger partial charge is 0.352 e. The number of hydrogen-bond acceptors (Lipinski definition) is 1. The first-order chi connectivity index (χ1) is 6.46. The van der Waals surface area contributed by atoms with Crippen LogP contribution in [-0.4, -0.2) is 11.9 Å². The van der Waals surface area contributed by atoms with Crippen molar-refractivity contribution in [1.82, 2.24) is 5.32 Å². The van der Waals surface area contributed by atoms with Crippen molar-refractivity contribution < 1.29 is 4.79 Å². The van der Waals surface area contributed by atoms with Crippen molar-refractivity contribution in [1.29, 1.82) is 0 Å². The third kappa shape index (κ3) is 4.67. The molecule has 0 aliphatic rings. The summed E-state index contributed by atoms with van der Waals surface area (Å²) < 4.78 is 0. The van der Waals surface area contributed by atoms with E-state index in [1.165, 1.54) is 0 Å². The van der Waals surface area contributed by atoms with E-state index in [0.717, 1.165) is 0 Å². The van der Waals surface area contributed by atoms with Crippen LogP contribution in [0.5, 0.6) is 0 Å². The fraction of sp³-hybridized carbons (Fsp3) is 0.923. The minimum Gasteiger partial charge on any atom is -0.352 e. The number of carbonyl (C=O) groups is 1. The molecule has 2 nitrogen and oxygen atoms in total. The van der Waals surface area contributed by atoms with Gasteiger partial charge in [0.25, 0.3) is 0 Å². The highest BCUT2D eigenvalue weighted by atomic mass is 16.2. The van der Waals surface area contributed by atoms with E-state index in [2.05, 4.69) is 39.9 Å². The summed E-state index contributed by atoms with van der Waals surface area (Å²) in [4.78, 5) is 11.9. The second-order valence-corrected chi connectivity index (χ2v) is 6.81. The van der Waals surface area contributed by atoms with Gasteiger partial charge in [-0.2, -0.15) is 0 Å². The van der Waals surface area contributed by atoms with E-state index in [4.69, 9.17) is 0 Å².